The van der Waals surface area contributed by atoms with E-state index < -0.39 is 5.97 Å². The minimum Gasteiger partial charge on any atom is -0.481 e. The molecule has 1 aliphatic heterocycles. The average molecular weight is 264 g/mol. The Kier molecular flexibility index (Phi) is 4.31. The van der Waals surface area contributed by atoms with Crippen LogP contribution >= 0.6 is 0 Å². The quantitative estimate of drug-likeness (QED) is 0.863. The highest BCUT2D eigenvalue weighted by Gasteiger charge is 2.20. The number of carbonyl (C=O) groups is 1. The highest BCUT2D eigenvalue weighted by molar-refractivity contribution is 5.66. The number of aryl methyl sites for hydroxylation is 2. The number of aliphatic carboxylic acids is 1. The molecule has 0 aromatic carbocycles. The molecule has 0 aliphatic carbocycles. The Bertz CT molecular complexity index is 456. The zero-order valence-electron chi connectivity index (χ0n) is 11.5. The molecular formula is C13H20N4O2. The van der Waals surface area contributed by atoms with Crippen molar-refractivity contribution in [2.75, 3.05) is 37.6 Å². The van der Waals surface area contributed by atoms with Crippen molar-refractivity contribution in [1.82, 2.24) is 14.9 Å². The van der Waals surface area contributed by atoms with E-state index in [2.05, 4.69) is 19.8 Å². The van der Waals surface area contributed by atoms with Gasteiger partial charge in [0.1, 0.15) is 5.82 Å². The van der Waals surface area contributed by atoms with Gasteiger partial charge >= 0.3 is 5.97 Å². The van der Waals surface area contributed by atoms with Crippen LogP contribution in [0.5, 0.6) is 0 Å². The summed E-state index contributed by atoms with van der Waals surface area (Å²) in [6, 6.07) is 0. The van der Waals surface area contributed by atoms with Crippen molar-refractivity contribution >= 4 is 11.8 Å². The van der Waals surface area contributed by atoms with Crippen molar-refractivity contribution in [3.63, 3.8) is 0 Å². The Labute approximate surface area is 113 Å². The van der Waals surface area contributed by atoms with Gasteiger partial charge in [-0.15, -0.1) is 0 Å². The molecule has 104 valence electrons. The normalized spacial score (nSPS) is 16.6. The second-order valence-corrected chi connectivity index (χ2v) is 4.89. The molecule has 1 fully saturated rings. The van der Waals surface area contributed by atoms with Gasteiger partial charge in [-0.25, -0.2) is 4.98 Å². The predicted molar refractivity (Wildman–Crippen MR) is 72.4 cm³/mol. The molecule has 1 aromatic heterocycles. The molecule has 2 rings (SSSR count). The number of piperazine rings is 1. The standard InChI is InChI=1S/C13H20N4O2/c1-10-9-14-11(2)13(15-10)17-7-5-16(6-8-17)4-3-12(18)19/h9H,3-8H2,1-2H3,(H,18,19). The zero-order chi connectivity index (χ0) is 13.8. The first kappa shape index (κ1) is 13.7. The summed E-state index contributed by atoms with van der Waals surface area (Å²) in [6.45, 7) is 8.04. The lowest BCUT2D eigenvalue weighted by Gasteiger charge is -2.35. The highest BCUT2D eigenvalue weighted by atomic mass is 16.4. The van der Waals surface area contributed by atoms with Crippen LogP contribution in [-0.2, 0) is 4.79 Å². The van der Waals surface area contributed by atoms with E-state index in [1.807, 2.05) is 13.8 Å². The molecule has 1 saturated heterocycles. The number of hydrogen-bond donors (Lipinski definition) is 1. The van der Waals surface area contributed by atoms with Crippen LogP contribution in [0, 0.1) is 13.8 Å². The number of aromatic nitrogens is 2. The first-order valence-electron chi connectivity index (χ1n) is 6.55. The average Bonchev–Trinajstić information content (AvgIpc) is 2.40. The van der Waals surface area contributed by atoms with E-state index in [1.54, 1.807) is 6.20 Å². The molecule has 0 amide bonds. The van der Waals surface area contributed by atoms with Crippen molar-refractivity contribution < 1.29 is 9.90 Å². The molecule has 0 saturated carbocycles. The summed E-state index contributed by atoms with van der Waals surface area (Å²) in [5, 5.41) is 8.69. The Hall–Kier alpha value is -1.69. The van der Waals surface area contributed by atoms with Gasteiger partial charge in [-0.1, -0.05) is 0 Å². The van der Waals surface area contributed by atoms with Crippen LogP contribution in [0.1, 0.15) is 17.8 Å². The maximum atomic E-state index is 10.6. The zero-order valence-corrected chi connectivity index (χ0v) is 11.5. The third kappa shape index (κ3) is 3.64. The summed E-state index contributed by atoms with van der Waals surface area (Å²) >= 11 is 0. The predicted octanol–water partition coefficient (Wildman–Crippen LogP) is 0.690. The maximum Gasteiger partial charge on any atom is 0.304 e. The fraction of sp³-hybridized carbons (Fsp3) is 0.615. The van der Waals surface area contributed by atoms with E-state index in [4.69, 9.17) is 5.11 Å². The van der Waals surface area contributed by atoms with Crippen molar-refractivity contribution in [3.05, 3.63) is 17.6 Å². The van der Waals surface area contributed by atoms with E-state index in [1.165, 1.54) is 0 Å². The smallest absolute Gasteiger partial charge is 0.304 e. The fourth-order valence-corrected chi connectivity index (χ4v) is 2.26. The maximum absolute atomic E-state index is 10.6. The van der Waals surface area contributed by atoms with Crippen LogP contribution in [0.4, 0.5) is 5.82 Å². The fourth-order valence-electron chi connectivity index (χ4n) is 2.26. The van der Waals surface area contributed by atoms with Crippen LogP contribution in [0.25, 0.3) is 0 Å². The second-order valence-electron chi connectivity index (χ2n) is 4.89. The van der Waals surface area contributed by atoms with Gasteiger partial charge in [0, 0.05) is 38.9 Å². The van der Waals surface area contributed by atoms with E-state index >= 15 is 0 Å². The Balaban J connectivity index is 1.92. The molecular weight excluding hydrogens is 244 g/mol. The molecule has 19 heavy (non-hydrogen) atoms. The van der Waals surface area contributed by atoms with Gasteiger partial charge in [-0.2, -0.15) is 0 Å². The topological polar surface area (TPSA) is 69.6 Å². The SMILES string of the molecule is Cc1cnc(C)c(N2CCN(CCC(=O)O)CC2)n1. The molecule has 0 spiro atoms. The Morgan fingerprint density at radius 2 is 2.00 bits per heavy atom. The van der Waals surface area contributed by atoms with E-state index in [-0.39, 0.29) is 6.42 Å². The number of carboxylic acid groups (broad SMARTS) is 1. The van der Waals surface area contributed by atoms with E-state index in [9.17, 15) is 4.79 Å². The van der Waals surface area contributed by atoms with Gasteiger partial charge in [-0.05, 0) is 13.8 Å². The van der Waals surface area contributed by atoms with Gasteiger partial charge in [-0.3, -0.25) is 14.7 Å². The third-order valence-corrected chi connectivity index (χ3v) is 3.36. The molecule has 0 bridgehead atoms. The van der Waals surface area contributed by atoms with Gasteiger partial charge in [0.2, 0.25) is 0 Å². The van der Waals surface area contributed by atoms with Crippen molar-refractivity contribution in [3.8, 4) is 0 Å². The number of hydrogen-bond acceptors (Lipinski definition) is 5. The van der Waals surface area contributed by atoms with Crippen LogP contribution in [0.15, 0.2) is 6.20 Å². The summed E-state index contributed by atoms with van der Waals surface area (Å²) in [7, 11) is 0. The van der Waals surface area contributed by atoms with Crippen LogP contribution in [-0.4, -0.2) is 58.7 Å². The largest absolute Gasteiger partial charge is 0.481 e. The van der Waals surface area contributed by atoms with Gasteiger partial charge < -0.3 is 10.0 Å². The first-order chi connectivity index (χ1) is 9.06. The molecule has 1 aliphatic rings. The molecule has 2 heterocycles. The van der Waals surface area contributed by atoms with Gasteiger partial charge in [0.05, 0.1) is 17.8 Å². The summed E-state index contributed by atoms with van der Waals surface area (Å²) in [5.74, 6) is 0.223. The lowest BCUT2D eigenvalue weighted by Crippen LogP contribution is -2.47. The highest BCUT2D eigenvalue weighted by Crippen LogP contribution is 2.17. The summed E-state index contributed by atoms with van der Waals surface area (Å²) in [5.41, 5.74) is 1.87. The minimum atomic E-state index is -0.733. The van der Waals surface area contributed by atoms with Gasteiger partial charge in [0.25, 0.3) is 0 Å². The first-order valence-corrected chi connectivity index (χ1v) is 6.55. The van der Waals surface area contributed by atoms with Crippen molar-refractivity contribution in [1.29, 1.82) is 0 Å². The Morgan fingerprint density at radius 1 is 1.32 bits per heavy atom. The molecule has 6 nitrogen and oxygen atoms in total. The molecule has 0 atom stereocenters. The third-order valence-electron chi connectivity index (χ3n) is 3.36. The molecule has 0 unspecified atom stereocenters. The minimum absolute atomic E-state index is 0.212. The number of anilines is 1. The van der Waals surface area contributed by atoms with E-state index in [0.29, 0.717) is 6.54 Å². The van der Waals surface area contributed by atoms with Crippen molar-refractivity contribution in [2.45, 2.75) is 20.3 Å². The van der Waals surface area contributed by atoms with Crippen LogP contribution < -0.4 is 4.90 Å². The monoisotopic (exact) mass is 264 g/mol. The number of nitrogens with zero attached hydrogens (tertiary/aromatic N) is 4. The van der Waals surface area contributed by atoms with Gasteiger partial charge in [0.15, 0.2) is 0 Å². The number of carboxylic acids is 1. The Morgan fingerprint density at radius 3 is 2.63 bits per heavy atom. The van der Waals surface area contributed by atoms with E-state index in [0.717, 1.165) is 43.4 Å². The van der Waals surface area contributed by atoms with Crippen molar-refractivity contribution in [2.24, 2.45) is 0 Å². The summed E-state index contributed by atoms with van der Waals surface area (Å²) in [6.07, 6.45) is 1.99. The number of rotatable bonds is 4. The molecule has 1 N–H and O–H groups in total. The lowest BCUT2D eigenvalue weighted by atomic mass is 10.2. The lowest BCUT2D eigenvalue weighted by molar-refractivity contribution is -0.137. The molecule has 1 aromatic rings. The molecule has 6 heteroatoms. The summed E-state index contributed by atoms with van der Waals surface area (Å²) < 4.78 is 0. The van der Waals surface area contributed by atoms with Crippen LogP contribution in [0.3, 0.4) is 0 Å². The molecule has 0 radical (unpaired) electrons. The summed E-state index contributed by atoms with van der Waals surface area (Å²) in [4.78, 5) is 23.9. The second kappa shape index (κ2) is 5.97. The van der Waals surface area contributed by atoms with Crippen LogP contribution in [0.2, 0.25) is 0 Å².